The standard InChI is InChI=1S/C23H21N7O2/c1-16-26-20(13-21(27-16)30-12-11-24-15-30)28-18-7-9-19(10-8-18)29-22(31)14-25-23(32)17-5-3-2-4-6-17/h2-13,15H,14H2,1H3,(H,25,32)(H,29,31)(H,26,27,28). The molecule has 0 aliphatic rings. The zero-order valence-corrected chi connectivity index (χ0v) is 17.3. The molecule has 2 aromatic heterocycles. The number of hydrogen-bond donors (Lipinski definition) is 3. The number of aromatic nitrogens is 4. The Morgan fingerprint density at radius 1 is 0.969 bits per heavy atom. The number of imidazole rings is 1. The first-order valence-corrected chi connectivity index (χ1v) is 9.91. The molecule has 0 atom stereocenters. The van der Waals surface area contributed by atoms with Crippen molar-refractivity contribution in [2.75, 3.05) is 17.2 Å². The Bertz CT molecular complexity index is 1210. The van der Waals surface area contributed by atoms with E-state index in [9.17, 15) is 9.59 Å². The van der Waals surface area contributed by atoms with Crippen LogP contribution >= 0.6 is 0 Å². The molecule has 32 heavy (non-hydrogen) atoms. The van der Waals surface area contributed by atoms with E-state index in [2.05, 4.69) is 30.9 Å². The second kappa shape index (κ2) is 9.52. The minimum absolute atomic E-state index is 0.120. The van der Waals surface area contributed by atoms with Gasteiger partial charge in [-0.2, -0.15) is 0 Å². The molecular weight excluding hydrogens is 406 g/mol. The van der Waals surface area contributed by atoms with Gasteiger partial charge in [-0.25, -0.2) is 15.0 Å². The lowest BCUT2D eigenvalue weighted by molar-refractivity contribution is -0.115. The largest absolute Gasteiger partial charge is 0.343 e. The number of nitrogens with zero attached hydrogens (tertiary/aromatic N) is 4. The first-order valence-electron chi connectivity index (χ1n) is 9.91. The summed E-state index contributed by atoms with van der Waals surface area (Å²) in [4.78, 5) is 37.0. The van der Waals surface area contributed by atoms with Crippen molar-refractivity contribution in [2.24, 2.45) is 0 Å². The van der Waals surface area contributed by atoms with Crippen LogP contribution in [0.3, 0.4) is 0 Å². The van der Waals surface area contributed by atoms with E-state index in [0.717, 1.165) is 5.69 Å². The van der Waals surface area contributed by atoms with Crippen LogP contribution in [0.1, 0.15) is 16.2 Å². The van der Waals surface area contributed by atoms with Crippen molar-refractivity contribution in [1.29, 1.82) is 0 Å². The number of anilines is 3. The SMILES string of the molecule is Cc1nc(Nc2ccc(NC(=O)CNC(=O)c3ccccc3)cc2)cc(-n2ccnc2)n1. The predicted octanol–water partition coefficient (Wildman–Crippen LogP) is 3.08. The minimum atomic E-state index is -0.314. The number of hydrogen-bond acceptors (Lipinski definition) is 6. The molecule has 0 aliphatic heterocycles. The van der Waals surface area contributed by atoms with Crippen molar-refractivity contribution in [3.63, 3.8) is 0 Å². The fraction of sp³-hybridized carbons (Fsp3) is 0.0870. The average Bonchev–Trinajstić information content (AvgIpc) is 3.34. The molecule has 9 heteroatoms. The van der Waals surface area contributed by atoms with Gasteiger partial charge in [0, 0.05) is 35.4 Å². The molecule has 0 bridgehead atoms. The molecule has 0 saturated carbocycles. The van der Waals surface area contributed by atoms with Gasteiger partial charge in [-0.1, -0.05) is 18.2 Å². The molecule has 0 aliphatic carbocycles. The van der Waals surface area contributed by atoms with Gasteiger partial charge in [0.05, 0.1) is 6.54 Å². The molecule has 2 amide bonds. The highest BCUT2D eigenvalue weighted by molar-refractivity contribution is 5.99. The molecule has 0 fully saturated rings. The van der Waals surface area contributed by atoms with E-state index >= 15 is 0 Å². The smallest absolute Gasteiger partial charge is 0.251 e. The van der Waals surface area contributed by atoms with E-state index < -0.39 is 0 Å². The third-order valence-corrected chi connectivity index (χ3v) is 4.48. The number of carbonyl (C=O) groups is 2. The maximum atomic E-state index is 12.1. The van der Waals surface area contributed by atoms with Gasteiger partial charge in [0.15, 0.2) is 0 Å². The Balaban J connectivity index is 1.33. The molecule has 9 nitrogen and oxygen atoms in total. The van der Waals surface area contributed by atoms with Crippen molar-refractivity contribution in [1.82, 2.24) is 24.8 Å². The van der Waals surface area contributed by atoms with Crippen LogP contribution in [-0.4, -0.2) is 37.9 Å². The number of nitrogens with one attached hydrogen (secondary N) is 3. The van der Waals surface area contributed by atoms with Gasteiger partial charge in [-0.3, -0.25) is 14.2 Å². The average molecular weight is 427 g/mol. The molecule has 160 valence electrons. The number of amides is 2. The second-order valence-electron chi connectivity index (χ2n) is 6.93. The topological polar surface area (TPSA) is 114 Å². The van der Waals surface area contributed by atoms with E-state index in [-0.39, 0.29) is 18.4 Å². The first-order chi connectivity index (χ1) is 15.6. The van der Waals surface area contributed by atoms with Crippen molar-refractivity contribution in [3.05, 3.63) is 90.8 Å². The molecular formula is C23H21N7O2. The van der Waals surface area contributed by atoms with Crippen LogP contribution in [0.4, 0.5) is 17.2 Å². The molecule has 4 rings (SSSR count). The molecule has 0 unspecified atom stereocenters. The summed E-state index contributed by atoms with van der Waals surface area (Å²) in [6, 6.07) is 17.8. The van der Waals surface area contributed by atoms with Crippen molar-refractivity contribution < 1.29 is 9.59 Å². The van der Waals surface area contributed by atoms with Crippen LogP contribution < -0.4 is 16.0 Å². The zero-order chi connectivity index (χ0) is 22.3. The highest BCUT2D eigenvalue weighted by atomic mass is 16.2. The molecule has 2 heterocycles. The maximum absolute atomic E-state index is 12.1. The Morgan fingerprint density at radius 3 is 2.44 bits per heavy atom. The highest BCUT2D eigenvalue weighted by Crippen LogP contribution is 2.19. The van der Waals surface area contributed by atoms with E-state index in [1.165, 1.54) is 0 Å². The zero-order valence-electron chi connectivity index (χ0n) is 17.3. The molecule has 0 radical (unpaired) electrons. The fourth-order valence-electron chi connectivity index (χ4n) is 2.98. The second-order valence-corrected chi connectivity index (χ2v) is 6.93. The number of rotatable bonds is 7. The van der Waals surface area contributed by atoms with E-state index in [1.54, 1.807) is 53.5 Å². The number of aryl methyl sites for hydroxylation is 1. The normalized spacial score (nSPS) is 10.4. The van der Waals surface area contributed by atoms with Gasteiger partial charge >= 0.3 is 0 Å². The van der Waals surface area contributed by atoms with Crippen LogP contribution in [0.5, 0.6) is 0 Å². The predicted molar refractivity (Wildman–Crippen MR) is 121 cm³/mol. The number of benzene rings is 2. The summed E-state index contributed by atoms with van der Waals surface area (Å²) in [6.45, 7) is 1.70. The lowest BCUT2D eigenvalue weighted by atomic mass is 10.2. The Labute approximate surface area is 184 Å². The summed E-state index contributed by atoms with van der Waals surface area (Å²) in [6.07, 6.45) is 5.17. The van der Waals surface area contributed by atoms with Crippen molar-refractivity contribution in [3.8, 4) is 5.82 Å². The fourth-order valence-corrected chi connectivity index (χ4v) is 2.98. The van der Waals surface area contributed by atoms with Gasteiger partial charge < -0.3 is 16.0 Å². The van der Waals surface area contributed by atoms with Gasteiger partial charge in [0.25, 0.3) is 5.91 Å². The minimum Gasteiger partial charge on any atom is -0.343 e. The van der Waals surface area contributed by atoms with E-state index in [1.807, 2.05) is 37.4 Å². The Hall–Kier alpha value is -4.53. The van der Waals surface area contributed by atoms with Crippen LogP contribution in [0.25, 0.3) is 5.82 Å². The summed E-state index contributed by atoms with van der Waals surface area (Å²) < 4.78 is 1.80. The molecule has 0 spiro atoms. The van der Waals surface area contributed by atoms with Crippen LogP contribution in [0.15, 0.2) is 79.4 Å². The molecule has 0 saturated heterocycles. The quantitative estimate of drug-likeness (QED) is 0.418. The molecule has 2 aromatic carbocycles. The van der Waals surface area contributed by atoms with Crippen molar-refractivity contribution >= 4 is 29.0 Å². The number of carbonyl (C=O) groups excluding carboxylic acids is 2. The maximum Gasteiger partial charge on any atom is 0.251 e. The van der Waals surface area contributed by atoms with E-state index in [4.69, 9.17) is 0 Å². The lowest BCUT2D eigenvalue weighted by Crippen LogP contribution is -2.32. The first kappa shape index (κ1) is 20.7. The van der Waals surface area contributed by atoms with Gasteiger partial charge in [-0.15, -0.1) is 0 Å². The third kappa shape index (κ3) is 5.33. The highest BCUT2D eigenvalue weighted by Gasteiger charge is 2.08. The summed E-state index contributed by atoms with van der Waals surface area (Å²) in [7, 11) is 0. The lowest BCUT2D eigenvalue weighted by Gasteiger charge is -2.10. The van der Waals surface area contributed by atoms with Crippen LogP contribution in [-0.2, 0) is 4.79 Å². The molecule has 3 N–H and O–H groups in total. The van der Waals surface area contributed by atoms with Crippen molar-refractivity contribution in [2.45, 2.75) is 6.92 Å². The van der Waals surface area contributed by atoms with E-state index in [0.29, 0.717) is 28.7 Å². The Morgan fingerprint density at radius 2 is 1.72 bits per heavy atom. The summed E-state index contributed by atoms with van der Waals surface area (Å²) in [5, 5.41) is 8.59. The summed E-state index contributed by atoms with van der Waals surface area (Å²) in [5.74, 6) is 1.36. The summed E-state index contributed by atoms with van der Waals surface area (Å²) >= 11 is 0. The monoisotopic (exact) mass is 427 g/mol. The Kier molecular flexibility index (Phi) is 6.17. The van der Waals surface area contributed by atoms with Gasteiger partial charge in [-0.05, 0) is 43.3 Å². The summed E-state index contributed by atoms with van der Waals surface area (Å²) in [5.41, 5.74) is 1.93. The molecule has 4 aromatic rings. The van der Waals surface area contributed by atoms with Gasteiger partial charge in [0.1, 0.15) is 23.8 Å². The third-order valence-electron chi connectivity index (χ3n) is 4.48. The van der Waals surface area contributed by atoms with Crippen LogP contribution in [0, 0.1) is 6.92 Å². The van der Waals surface area contributed by atoms with Crippen LogP contribution in [0.2, 0.25) is 0 Å². The van der Waals surface area contributed by atoms with Gasteiger partial charge in [0.2, 0.25) is 5.91 Å².